The highest BCUT2D eigenvalue weighted by atomic mass is 79.9. The lowest BCUT2D eigenvalue weighted by Gasteiger charge is -2.15. The van der Waals surface area contributed by atoms with E-state index >= 15 is 0 Å². The molecule has 3 nitrogen and oxygen atoms in total. The monoisotopic (exact) mass is 397 g/mol. The molecular weight excluding hydrogens is 378 g/mol. The zero-order valence-electron chi connectivity index (χ0n) is 13.2. The second kappa shape index (κ2) is 9.71. The number of hydrogen-bond donors (Lipinski definition) is 1. The van der Waals surface area contributed by atoms with Crippen molar-refractivity contribution in [3.63, 3.8) is 0 Å². The van der Waals surface area contributed by atoms with Gasteiger partial charge in [0.1, 0.15) is 0 Å². The first-order valence-electron chi connectivity index (χ1n) is 7.35. The first-order chi connectivity index (χ1) is 10.6. The van der Waals surface area contributed by atoms with Crippen LogP contribution in [0, 0.1) is 0 Å². The van der Waals surface area contributed by atoms with Crippen LogP contribution in [0.2, 0.25) is 0 Å². The molecule has 124 valence electrons. The lowest BCUT2D eigenvalue weighted by Crippen LogP contribution is -2.18. The molecule has 2 aromatic rings. The molecule has 0 aromatic heterocycles. The zero-order valence-corrected chi connectivity index (χ0v) is 15.6. The normalized spacial score (nSPS) is 11.4. The Kier molecular flexibility index (Phi) is 8.31. The second-order valence-corrected chi connectivity index (χ2v) is 5.99. The van der Waals surface area contributed by atoms with E-state index in [1.54, 1.807) is 6.07 Å². The smallest absolute Gasteiger partial charge is 0.338 e. The minimum absolute atomic E-state index is 0. The summed E-state index contributed by atoms with van der Waals surface area (Å²) < 4.78 is 6.10. The molecule has 1 atom stereocenters. The lowest BCUT2D eigenvalue weighted by atomic mass is 10.1. The highest BCUT2D eigenvalue weighted by Gasteiger charge is 2.08. The molecule has 2 rings (SSSR count). The van der Waals surface area contributed by atoms with E-state index in [1.165, 1.54) is 5.56 Å². The van der Waals surface area contributed by atoms with Gasteiger partial charge >= 0.3 is 5.97 Å². The first-order valence-corrected chi connectivity index (χ1v) is 8.14. The highest BCUT2D eigenvalue weighted by Crippen LogP contribution is 2.17. The molecule has 2 aromatic carbocycles. The highest BCUT2D eigenvalue weighted by molar-refractivity contribution is 9.10. The van der Waals surface area contributed by atoms with E-state index in [9.17, 15) is 4.79 Å². The van der Waals surface area contributed by atoms with Crippen molar-refractivity contribution in [1.82, 2.24) is 5.32 Å². The molecule has 0 bridgehead atoms. The summed E-state index contributed by atoms with van der Waals surface area (Å²) in [4.78, 5) is 11.7. The number of nitrogens with one attached hydrogen (secondary N) is 1. The van der Waals surface area contributed by atoms with Crippen LogP contribution in [0.1, 0.15) is 41.4 Å². The summed E-state index contributed by atoms with van der Waals surface area (Å²) in [6.07, 6.45) is 0. The van der Waals surface area contributed by atoms with E-state index < -0.39 is 0 Å². The third-order valence-electron chi connectivity index (χ3n) is 3.42. The Morgan fingerprint density at radius 3 is 2.57 bits per heavy atom. The van der Waals surface area contributed by atoms with E-state index in [4.69, 9.17) is 4.74 Å². The maximum absolute atomic E-state index is 11.7. The van der Waals surface area contributed by atoms with Crippen LogP contribution >= 0.6 is 28.3 Å². The molecule has 0 saturated carbocycles. The van der Waals surface area contributed by atoms with Gasteiger partial charge in [0, 0.05) is 17.1 Å². The van der Waals surface area contributed by atoms with E-state index in [0.29, 0.717) is 18.7 Å². The number of benzene rings is 2. The zero-order chi connectivity index (χ0) is 15.9. The molecule has 0 spiro atoms. The van der Waals surface area contributed by atoms with Crippen LogP contribution in [0.4, 0.5) is 0 Å². The van der Waals surface area contributed by atoms with Crippen molar-refractivity contribution in [1.29, 1.82) is 0 Å². The van der Waals surface area contributed by atoms with Gasteiger partial charge in [-0.1, -0.05) is 40.2 Å². The van der Waals surface area contributed by atoms with Crippen molar-refractivity contribution < 1.29 is 9.53 Å². The predicted octanol–water partition coefficient (Wildman–Crippen LogP) is 4.90. The standard InChI is InChI=1S/C18H20BrNO2.ClH/c1-3-22-18(21)16-6-4-5-14(11-16)12-20-13(2)15-7-9-17(19)10-8-15;/h4-11,13,20H,3,12H2,1-2H3;1H. The van der Waals surface area contributed by atoms with Gasteiger partial charge in [0.2, 0.25) is 0 Å². The van der Waals surface area contributed by atoms with Crippen molar-refractivity contribution in [3.05, 3.63) is 69.7 Å². The number of rotatable bonds is 6. The fourth-order valence-electron chi connectivity index (χ4n) is 2.16. The van der Waals surface area contributed by atoms with E-state index in [1.807, 2.05) is 37.3 Å². The van der Waals surface area contributed by atoms with Crippen LogP contribution in [0.5, 0.6) is 0 Å². The third kappa shape index (κ3) is 5.98. The van der Waals surface area contributed by atoms with Gasteiger partial charge in [0.25, 0.3) is 0 Å². The molecule has 0 heterocycles. The van der Waals surface area contributed by atoms with Crippen LogP contribution in [0.3, 0.4) is 0 Å². The largest absolute Gasteiger partial charge is 0.462 e. The van der Waals surface area contributed by atoms with Crippen LogP contribution in [0.25, 0.3) is 0 Å². The third-order valence-corrected chi connectivity index (χ3v) is 3.95. The number of esters is 1. The van der Waals surface area contributed by atoms with Crippen LogP contribution in [-0.4, -0.2) is 12.6 Å². The van der Waals surface area contributed by atoms with Crippen LogP contribution < -0.4 is 5.32 Å². The van der Waals surface area contributed by atoms with Gasteiger partial charge in [0.05, 0.1) is 12.2 Å². The SMILES string of the molecule is CCOC(=O)c1cccc(CNC(C)c2ccc(Br)cc2)c1.Cl. The summed E-state index contributed by atoms with van der Waals surface area (Å²) in [5, 5.41) is 3.47. The van der Waals surface area contributed by atoms with Gasteiger partial charge in [-0.3, -0.25) is 0 Å². The number of carbonyl (C=O) groups excluding carboxylic acids is 1. The van der Waals surface area contributed by atoms with E-state index in [0.717, 1.165) is 10.0 Å². The molecule has 1 N–H and O–H groups in total. The average molecular weight is 399 g/mol. The van der Waals surface area contributed by atoms with Gasteiger partial charge < -0.3 is 10.1 Å². The summed E-state index contributed by atoms with van der Waals surface area (Å²) in [5.41, 5.74) is 2.89. The van der Waals surface area contributed by atoms with Crippen molar-refractivity contribution in [2.24, 2.45) is 0 Å². The number of halogens is 2. The van der Waals surface area contributed by atoms with Gasteiger partial charge in [0.15, 0.2) is 0 Å². The van der Waals surface area contributed by atoms with Crippen LogP contribution in [-0.2, 0) is 11.3 Å². The Hall–Kier alpha value is -1.36. The number of hydrogen-bond acceptors (Lipinski definition) is 3. The molecule has 0 aliphatic rings. The predicted molar refractivity (Wildman–Crippen MR) is 99.0 cm³/mol. The van der Waals surface area contributed by atoms with Crippen molar-refractivity contribution in [2.75, 3.05) is 6.61 Å². The van der Waals surface area contributed by atoms with Crippen molar-refractivity contribution in [2.45, 2.75) is 26.4 Å². The maximum Gasteiger partial charge on any atom is 0.338 e. The van der Waals surface area contributed by atoms with E-state index in [2.05, 4.69) is 40.3 Å². The molecule has 5 heteroatoms. The Labute approximate surface area is 152 Å². The summed E-state index contributed by atoms with van der Waals surface area (Å²) >= 11 is 3.44. The number of ether oxygens (including phenoxy) is 1. The Balaban J connectivity index is 0.00000264. The van der Waals surface area contributed by atoms with Gasteiger partial charge in [-0.05, 0) is 49.2 Å². The first kappa shape index (κ1) is 19.7. The van der Waals surface area contributed by atoms with Crippen LogP contribution in [0.15, 0.2) is 53.0 Å². The topological polar surface area (TPSA) is 38.3 Å². The molecule has 0 radical (unpaired) electrons. The minimum atomic E-state index is -0.273. The molecule has 0 aliphatic heterocycles. The summed E-state index contributed by atoms with van der Waals surface area (Å²) in [6, 6.07) is 16.0. The van der Waals surface area contributed by atoms with Gasteiger partial charge in [-0.25, -0.2) is 4.79 Å². The average Bonchev–Trinajstić information content (AvgIpc) is 2.54. The fourth-order valence-corrected chi connectivity index (χ4v) is 2.43. The Morgan fingerprint density at radius 1 is 1.22 bits per heavy atom. The molecular formula is C18H21BrClNO2. The molecule has 0 amide bonds. The Morgan fingerprint density at radius 2 is 1.91 bits per heavy atom. The molecule has 0 saturated heterocycles. The van der Waals surface area contributed by atoms with Gasteiger partial charge in [-0.2, -0.15) is 0 Å². The maximum atomic E-state index is 11.7. The molecule has 23 heavy (non-hydrogen) atoms. The summed E-state index contributed by atoms with van der Waals surface area (Å²) in [6.45, 7) is 5.02. The molecule has 1 unspecified atom stereocenters. The van der Waals surface area contributed by atoms with E-state index in [-0.39, 0.29) is 24.4 Å². The fraction of sp³-hybridized carbons (Fsp3) is 0.278. The number of carbonyl (C=O) groups is 1. The van der Waals surface area contributed by atoms with Crippen molar-refractivity contribution in [3.8, 4) is 0 Å². The molecule has 0 fully saturated rings. The van der Waals surface area contributed by atoms with Crippen molar-refractivity contribution >= 4 is 34.3 Å². The van der Waals surface area contributed by atoms with Gasteiger partial charge in [-0.15, -0.1) is 12.4 Å². The second-order valence-electron chi connectivity index (χ2n) is 5.07. The summed E-state index contributed by atoms with van der Waals surface area (Å²) in [7, 11) is 0. The summed E-state index contributed by atoms with van der Waals surface area (Å²) in [5.74, 6) is -0.273. The minimum Gasteiger partial charge on any atom is -0.462 e. The lowest BCUT2D eigenvalue weighted by molar-refractivity contribution is 0.0526. The molecule has 0 aliphatic carbocycles. The Bertz CT molecular complexity index is 631. The quantitative estimate of drug-likeness (QED) is 0.703.